The molecule has 2 aromatic rings. The second-order valence-corrected chi connectivity index (χ2v) is 6.33. The number of nitrogens with one attached hydrogen (secondary N) is 2. The SMILES string of the molecule is CC(C)OC(=O)CC(NC(=O)c1cc(Br)c[nH]1)c1ccccc1. The van der Waals surface area contributed by atoms with Crippen molar-refractivity contribution in [3.05, 3.63) is 58.3 Å². The molecule has 0 aliphatic carbocycles. The van der Waals surface area contributed by atoms with Crippen LogP contribution in [0.15, 0.2) is 47.1 Å². The van der Waals surface area contributed by atoms with Crippen molar-refractivity contribution in [2.45, 2.75) is 32.4 Å². The van der Waals surface area contributed by atoms with Crippen molar-refractivity contribution in [2.75, 3.05) is 0 Å². The minimum Gasteiger partial charge on any atom is -0.463 e. The second-order valence-electron chi connectivity index (χ2n) is 5.41. The summed E-state index contributed by atoms with van der Waals surface area (Å²) in [6, 6.07) is 10.6. The number of rotatable bonds is 6. The van der Waals surface area contributed by atoms with Crippen molar-refractivity contribution in [1.82, 2.24) is 10.3 Å². The summed E-state index contributed by atoms with van der Waals surface area (Å²) in [5, 5.41) is 2.88. The number of ether oxygens (including phenoxy) is 1. The van der Waals surface area contributed by atoms with E-state index in [0.29, 0.717) is 5.69 Å². The minimum absolute atomic E-state index is 0.0792. The standard InChI is InChI=1S/C17H19BrN2O3/c1-11(2)23-16(21)9-14(12-6-4-3-5-7-12)20-17(22)15-8-13(18)10-19-15/h3-8,10-11,14,19H,9H2,1-2H3,(H,20,22). The Morgan fingerprint density at radius 3 is 2.52 bits per heavy atom. The number of carbonyl (C=O) groups is 2. The summed E-state index contributed by atoms with van der Waals surface area (Å²) in [5.74, 6) is -0.622. The molecule has 0 saturated carbocycles. The summed E-state index contributed by atoms with van der Waals surface area (Å²) >= 11 is 3.29. The van der Waals surface area contributed by atoms with Crippen LogP contribution < -0.4 is 5.32 Å². The number of amides is 1. The van der Waals surface area contributed by atoms with E-state index in [-0.39, 0.29) is 24.4 Å². The van der Waals surface area contributed by atoms with Gasteiger partial charge in [0.25, 0.3) is 5.91 Å². The lowest BCUT2D eigenvalue weighted by atomic mass is 10.0. The van der Waals surface area contributed by atoms with Crippen LogP contribution in [0.4, 0.5) is 0 Å². The molecule has 2 N–H and O–H groups in total. The van der Waals surface area contributed by atoms with Gasteiger partial charge < -0.3 is 15.0 Å². The summed E-state index contributed by atoms with van der Waals surface area (Å²) in [5.41, 5.74) is 1.28. The molecular formula is C17H19BrN2O3. The van der Waals surface area contributed by atoms with Gasteiger partial charge in [0.1, 0.15) is 5.69 Å². The van der Waals surface area contributed by atoms with E-state index in [2.05, 4.69) is 26.2 Å². The van der Waals surface area contributed by atoms with Gasteiger partial charge in [-0.2, -0.15) is 0 Å². The van der Waals surface area contributed by atoms with Crippen LogP contribution in [0.3, 0.4) is 0 Å². The van der Waals surface area contributed by atoms with E-state index in [9.17, 15) is 9.59 Å². The Morgan fingerprint density at radius 1 is 1.26 bits per heavy atom. The molecule has 6 heteroatoms. The highest BCUT2D eigenvalue weighted by atomic mass is 79.9. The fraction of sp³-hybridized carbons (Fsp3) is 0.294. The molecule has 0 spiro atoms. The highest BCUT2D eigenvalue weighted by Gasteiger charge is 2.21. The molecule has 1 amide bonds. The predicted molar refractivity (Wildman–Crippen MR) is 91.0 cm³/mol. The topological polar surface area (TPSA) is 71.2 Å². The molecule has 0 saturated heterocycles. The molecule has 5 nitrogen and oxygen atoms in total. The number of benzene rings is 1. The van der Waals surface area contributed by atoms with Gasteiger partial charge in [-0.05, 0) is 41.4 Å². The second kappa shape index (κ2) is 7.97. The van der Waals surface area contributed by atoms with Crippen molar-refractivity contribution in [3.8, 4) is 0 Å². The van der Waals surface area contributed by atoms with Crippen molar-refractivity contribution >= 4 is 27.8 Å². The number of esters is 1. The van der Waals surface area contributed by atoms with Crippen molar-refractivity contribution in [1.29, 1.82) is 0 Å². The van der Waals surface area contributed by atoms with Crippen LogP contribution in [0.5, 0.6) is 0 Å². The third-order valence-corrected chi connectivity index (χ3v) is 3.60. The lowest BCUT2D eigenvalue weighted by Gasteiger charge is -2.19. The number of aromatic amines is 1. The van der Waals surface area contributed by atoms with Gasteiger partial charge in [-0.1, -0.05) is 30.3 Å². The molecule has 2 rings (SSSR count). The molecule has 1 aromatic heterocycles. The van der Waals surface area contributed by atoms with Crippen LogP contribution in [-0.2, 0) is 9.53 Å². The van der Waals surface area contributed by atoms with Gasteiger partial charge in [0, 0.05) is 10.7 Å². The molecule has 1 unspecified atom stereocenters. The quantitative estimate of drug-likeness (QED) is 0.754. The van der Waals surface area contributed by atoms with Gasteiger partial charge >= 0.3 is 5.97 Å². The minimum atomic E-state index is -0.447. The Morgan fingerprint density at radius 2 is 1.96 bits per heavy atom. The normalized spacial score (nSPS) is 12.0. The monoisotopic (exact) mass is 378 g/mol. The van der Waals surface area contributed by atoms with Crippen LogP contribution in [0, 0.1) is 0 Å². The molecule has 0 aliphatic rings. The average molecular weight is 379 g/mol. The molecule has 122 valence electrons. The Hall–Kier alpha value is -2.08. The van der Waals surface area contributed by atoms with E-state index in [4.69, 9.17) is 4.74 Å². The van der Waals surface area contributed by atoms with Gasteiger partial charge in [-0.3, -0.25) is 9.59 Å². The zero-order valence-electron chi connectivity index (χ0n) is 13.0. The van der Waals surface area contributed by atoms with Crippen molar-refractivity contribution in [3.63, 3.8) is 0 Å². The van der Waals surface area contributed by atoms with E-state index in [0.717, 1.165) is 10.0 Å². The molecule has 0 aliphatic heterocycles. The lowest BCUT2D eigenvalue weighted by Crippen LogP contribution is -2.31. The van der Waals surface area contributed by atoms with E-state index in [1.807, 2.05) is 30.3 Å². The average Bonchev–Trinajstić information content (AvgIpc) is 2.93. The smallest absolute Gasteiger partial charge is 0.308 e. The maximum absolute atomic E-state index is 12.3. The van der Waals surface area contributed by atoms with Gasteiger partial charge in [-0.15, -0.1) is 0 Å². The van der Waals surface area contributed by atoms with E-state index in [1.54, 1.807) is 26.1 Å². The van der Waals surface area contributed by atoms with Gasteiger partial charge in [-0.25, -0.2) is 0 Å². The first-order valence-corrected chi connectivity index (χ1v) is 8.14. The first-order valence-electron chi connectivity index (χ1n) is 7.35. The number of H-pyrrole nitrogens is 1. The van der Waals surface area contributed by atoms with E-state index < -0.39 is 6.04 Å². The Bertz CT molecular complexity index is 667. The van der Waals surface area contributed by atoms with Crippen LogP contribution in [0.2, 0.25) is 0 Å². The first-order chi connectivity index (χ1) is 11.0. The summed E-state index contributed by atoms with van der Waals surface area (Å²) in [7, 11) is 0. The first kappa shape index (κ1) is 17.3. The third kappa shape index (κ3) is 5.25. The summed E-state index contributed by atoms with van der Waals surface area (Å²) in [6.07, 6.45) is 1.57. The zero-order chi connectivity index (χ0) is 16.8. The van der Waals surface area contributed by atoms with Gasteiger partial charge in [0.2, 0.25) is 0 Å². The number of aromatic nitrogens is 1. The molecule has 1 atom stereocenters. The van der Waals surface area contributed by atoms with Crippen LogP contribution in [0.25, 0.3) is 0 Å². The highest BCUT2D eigenvalue weighted by Crippen LogP contribution is 2.19. The van der Waals surface area contributed by atoms with Crippen LogP contribution in [0.1, 0.15) is 42.4 Å². The van der Waals surface area contributed by atoms with E-state index >= 15 is 0 Å². The molecule has 0 bridgehead atoms. The largest absolute Gasteiger partial charge is 0.463 e. The Balaban J connectivity index is 2.13. The summed E-state index contributed by atoms with van der Waals surface area (Å²) in [4.78, 5) is 27.2. The van der Waals surface area contributed by atoms with Crippen molar-refractivity contribution < 1.29 is 14.3 Å². The summed E-state index contributed by atoms with van der Waals surface area (Å²) < 4.78 is 5.98. The van der Waals surface area contributed by atoms with E-state index in [1.165, 1.54) is 0 Å². The van der Waals surface area contributed by atoms with Gasteiger partial charge in [0.05, 0.1) is 18.6 Å². The lowest BCUT2D eigenvalue weighted by molar-refractivity contribution is -0.147. The molecule has 1 aromatic carbocycles. The van der Waals surface area contributed by atoms with Crippen LogP contribution in [-0.4, -0.2) is 23.0 Å². The predicted octanol–water partition coefficient (Wildman–Crippen LogP) is 3.59. The fourth-order valence-electron chi connectivity index (χ4n) is 2.15. The van der Waals surface area contributed by atoms with Crippen LogP contribution >= 0.6 is 15.9 Å². The number of hydrogen-bond acceptors (Lipinski definition) is 3. The molecule has 23 heavy (non-hydrogen) atoms. The number of halogens is 1. The van der Waals surface area contributed by atoms with Crippen molar-refractivity contribution in [2.24, 2.45) is 0 Å². The molecule has 0 fully saturated rings. The summed E-state index contributed by atoms with van der Waals surface area (Å²) in [6.45, 7) is 3.59. The Kier molecular flexibility index (Phi) is 5.98. The zero-order valence-corrected chi connectivity index (χ0v) is 14.6. The number of carbonyl (C=O) groups excluding carboxylic acids is 2. The maximum atomic E-state index is 12.3. The molecule has 0 radical (unpaired) electrons. The third-order valence-electron chi connectivity index (χ3n) is 3.14. The highest BCUT2D eigenvalue weighted by molar-refractivity contribution is 9.10. The molecular weight excluding hydrogens is 360 g/mol. The van der Waals surface area contributed by atoms with Gasteiger partial charge in [0.15, 0.2) is 0 Å². The fourth-order valence-corrected chi connectivity index (χ4v) is 2.49. The number of hydrogen-bond donors (Lipinski definition) is 2. The Labute approximate surface area is 143 Å². The maximum Gasteiger partial charge on any atom is 0.308 e. The molecule has 1 heterocycles.